The highest BCUT2D eigenvalue weighted by atomic mass is 35.5. The Morgan fingerprint density at radius 1 is 1.47 bits per heavy atom. The summed E-state index contributed by atoms with van der Waals surface area (Å²) < 4.78 is 0. The second kappa shape index (κ2) is 3.47. The number of hydrogen-bond acceptors (Lipinski definition) is 3. The van der Waals surface area contributed by atoms with Crippen LogP contribution in [0.15, 0.2) is 40.0 Å². The minimum absolute atomic E-state index is 0.248. The Hall–Kier alpha value is -1.68. The van der Waals surface area contributed by atoms with Crippen molar-refractivity contribution in [3.8, 4) is 0 Å². The topological polar surface area (TPSA) is 66.7 Å². The van der Waals surface area contributed by atoms with Crippen molar-refractivity contribution in [3.63, 3.8) is 0 Å². The van der Waals surface area contributed by atoms with E-state index in [-0.39, 0.29) is 11.5 Å². The normalized spacial score (nSPS) is 23.9. The van der Waals surface area contributed by atoms with E-state index in [2.05, 4.69) is 4.99 Å². The third kappa shape index (κ3) is 1.76. The summed E-state index contributed by atoms with van der Waals surface area (Å²) >= 11 is 5.73. The number of halogens is 1. The number of carboxylic acids is 1. The molecule has 0 bridgehead atoms. The van der Waals surface area contributed by atoms with Crippen LogP contribution in [0.4, 0.5) is 0 Å². The van der Waals surface area contributed by atoms with Gasteiger partial charge in [-0.1, -0.05) is 17.7 Å². The molecular formula is C10H6ClNO3. The molecule has 0 saturated heterocycles. The summed E-state index contributed by atoms with van der Waals surface area (Å²) in [6.45, 7) is 0. The van der Waals surface area contributed by atoms with Crippen LogP contribution in [-0.2, 0) is 9.59 Å². The molecule has 2 rings (SSSR count). The molecule has 2 aliphatic rings. The van der Waals surface area contributed by atoms with Gasteiger partial charge in [0.25, 0.3) is 0 Å². The molecule has 1 aliphatic heterocycles. The van der Waals surface area contributed by atoms with E-state index in [9.17, 15) is 9.59 Å². The van der Waals surface area contributed by atoms with Crippen LogP contribution in [0.3, 0.4) is 0 Å². The largest absolute Gasteiger partial charge is 0.477 e. The molecule has 1 heterocycles. The Morgan fingerprint density at radius 2 is 2.20 bits per heavy atom. The fraction of sp³-hybridized carbons (Fsp3) is 0.100. The van der Waals surface area contributed by atoms with Gasteiger partial charge in [-0.25, -0.2) is 9.79 Å². The van der Waals surface area contributed by atoms with Crippen LogP contribution in [0.25, 0.3) is 0 Å². The smallest absolute Gasteiger partial charge is 0.354 e. The van der Waals surface area contributed by atoms with Gasteiger partial charge in [0.2, 0.25) is 0 Å². The van der Waals surface area contributed by atoms with Gasteiger partial charge in [-0.05, 0) is 12.2 Å². The zero-order valence-electron chi connectivity index (χ0n) is 7.48. The lowest BCUT2D eigenvalue weighted by molar-refractivity contribution is -0.133. The fourth-order valence-corrected chi connectivity index (χ4v) is 1.60. The lowest BCUT2D eigenvalue weighted by Gasteiger charge is -2.17. The molecule has 0 radical (unpaired) electrons. The van der Waals surface area contributed by atoms with Crippen LogP contribution in [0.5, 0.6) is 0 Å². The second-order valence-corrected chi connectivity index (χ2v) is 3.58. The van der Waals surface area contributed by atoms with Crippen molar-refractivity contribution in [3.05, 3.63) is 35.0 Å². The second-order valence-electron chi connectivity index (χ2n) is 3.14. The lowest BCUT2D eigenvalue weighted by Crippen LogP contribution is -2.26. The number of ketones is 1. The minimum atomic E-state index is -1.21. The van der Waals surface area contributed by atoms with Gasteiger partial charge in [-0.2, -0.15) is 0 Å². The van der Waals surface area contributed by atoms with Crippen molar-refractivity contribution in [2.75, 3.05) is 0 Å². The molecule has 1 atom stereocenters. The molecule has 0 aromatic carbocycles. The van der Waals surface area contributed by atoms with Crippen molar-refractivity contribution in [1.82, 2.24) is 0 Å². The molecule has 0 saturated carbocycles. The quantitative estimate of drug-likeness (QED) is 0.728. The van der Waals surface area contributed by atoms with E-state index in [0.29, 0.717) is 10.7 Å². The van der Waals surface area contributed by atoms with Crippen molar-refractivity contribution in [2.24, 2.45) is 10.9 Å². The van der Waals surface area contributed by atoms with Gasteiger partial charge in [0.1, 0.15) is 0 Å². The van der Waals surface area contributed by atoms with Crippen LogP contribution in [0.2, 0.25) is 0 Å². The van der Waals surface area contributed by atoms with E-state index in [4.69, 9.17) is 16.7 Å². The van der Waals surface area contributed by atoms with Crippen molar-refractivity contribution in [1.29, 1.82) is 0 Å². The number of aliphatic carboxylic acids is 1. The highest BCUT2D eigenvalue weighted by Gasteiger charge is 2.27. The first kappa shape index (κ1) is 9.86. The van der Waals surface area contributed by atoms with E-state index >= 15 is 0 Å². The third-order valence-electron chi connectivity index (χ3n) is 2.11. The maximum atomic E-state index is 11.5. The number of allylic oxidation sites excluding steroid dienone is 5. The Kier molecular flexibility index (Phi) is 2.28. The van der Waals surface area contributed by atoms with E-state index in [1.54, 1.807) is 12.2 Å². The Morgan fingerprint density at radius 3 is 2.87 bits per heavy atom. The van der Waals surface area contributed by atoms with E-state index in [1.807, 2.05) is 0 Å². The van der Waals surface area contributed by atoms with Gasteiger partial charge in [-0.3, -0.25) is 4.79 Å². The molecule has 5 heteroatoms. The first-order valence-corrected chi connectivity index (χ1v) is 4.58. The van der Waals surface area contributed by atoms with Crippen molar-refractivity contribution in [2.45, 2.75) is 0 Å². The molecule has 15 heavy (non-hydrogen) atoms. The number of aliphatic imine (C=N–C) groups is 1. The molecule has 0 aromatic heterocycles. The standard InChI is InChI=1S/C10H6ClNO3/c11-5-1-2-6-7(3-5)12-8(10(14)15)4-9(6)13/h1-4,6H,(H,14,15). The van der Waals surface area contributed by atoms with Gasteiger partial charge >= 0.3 is 5.97 Å². The molecule has 1 aliphatic carbocycles. The van der Waals surface area contributed by atoms with E-state index in [0.717, 1.165) is 6.08 Å². The summed E-state index contributed by atoms with van der Waals surface area (Å²) in [4.78, 5) is 26.0. The van der Waals surface area contributed by atoms with Crippen LogP contribution in [0, 0.1) is 5.92 Å². The molecule has 4 nitrogen and oxygen atoms in total. The highest BCUT2D eigenvalue weighted by molar-refractivity contribution is 6.35. The molecule has 76 valence electrons. The summed E-state index contributed by atoms with van der Waals surface area (Å²) in [6, 6.07) is 0. The molecule has 0 fully saturated rings. The van der Waals surface area contributed by atoms with Gasteiger partial charge in [0.05, 0.1) is 11.6 Å². The first-order chi connectivity index (χ1) is 7.08. The zero-order valence-corrected chi connectivity index (χ0v) is 8.23. The lowest BCUT2D eigenvalue weighted by atomic mass is 9.91. The fourth-order valence-electron chi connectivity index (χ4n) is 1.41. The minimum Gasteiger partial charge on any atom is -0.477 e. The number of hydrogen-bond donors (Lipinski definition) is 1. The summed E-state index contributed by atoms with van der Waals surface area (Å²) in [5.41, 5.74) is 0.134. The predicted molar refractivity (Wildman–Crippen MR) is 54.7 cm³/mol. The van der Waals surface area contributed by atoms with Gasteiger partial charge in [0, 0.05) is 11.1 Å². The summed E-state index contributed by atoms with van der Waals surface area (Å²) in [5.74, 6) is -1.99. The third-order valence-corrected chi connectivity index (χ3v) is 2.34. The Bertz CT molecular complexity index is 471. The van der Waals surface area contributed by atoms with Crippen LogP contribution >= 0.6 is 11.6 Å². The van der Waals surface area contributed by atoms with Crippen LogP contribution < -0.4 is 0 Å². The number of carbonyl (C=O) groups is 2. The van der Waals surface area contributed by atoms with Crippen LogP contribution in [-0.4, -0.2) is 22.6 Å². The molecule has 1 unspecified atom stereocenters. The summed E-state index contributed by atoms with van der Waals surface area (Å²) in [7, 11) is 0. The number of carbonyl (C=O) groups excluding carboxylic acids is 1. The van der Waals surface area contributed by atoms with E-state index in [1.165, 1.54) is 6.08 Å². The molecule has 0 amide bonds. The van der Waals surface area contributed by atoms with Crippen molar-refractivity contribution >= 4 is 29.1 Å². The Labute approximate surface area is 90.3 Å². The zero-order chi connectivity index (χ0) is 11.0. The monoisotopic (exact) mass is 223 g/mol. The SMILES string of the molecule is O=C(O)C1=CC(=O)C2C=CC(Cl)=CC2=N1. The van der Waals surface area contributed by atoms with Crippen LogP contribution in [0.1, 0.15) is 0 Å². The molecule has 0 spiro atoms. The Balaban J connectivity index is 2.45. The molecule has 1 N–H and O–H groups in total. The summed E-state index contributed by atoms with van der Waals surface area (Å²) in [6.07, 6.45) is 5.75. The number of fused-ring (bicyclic) bond motifs is 1. The molecular weight excluding hydrogens is 218 g/mol. The van der Waals surface area contributed by atoms with E-state index < -0.39 is 11.9 Å². The average Bonchev–Trinajstić information content (AvgIpc) is 2.16. The maximum Gasteiger partial charge on any atom is 0.354 e. The number of rotatable bonds is 1. The van der Waals surface area contributed by atoms with Gasteiger partial charge in [0.15, 0.2) is 11.5 Å². The number of nitrogens with zero attached hydrogens (tertiary/aromatic N) is 1. The highest BCUT2D eigenvalue weighted by Crippen LogP contribution is 2.23. The first-order valence-electron chi connectivity index (χ1n) is 4.21. The van der Waals surface area contributed by atoms with Gasteiger partial charge in [-0.15, -0.1) is 0 Å². The summed E-state index contributed by atoms with van der Waals surface area (Å²) in [5, 5.41) is 9.15. The maximum absolute atomic E-state index is 11.5. The average molecular weight is 224 g/mol. The number of carboxylic acid groups (broad SMARTS) is 1. The molecule has 0 aromatic rings. The van der Waals surface area contributed by atoms with Crippen molar-refractivity contribution < 1.29 is 14.7 Å². The van der Waals surface area contributed by atoms with Gasteiger partial charge < -0.3 is 5.11 Å². The predicted octanol–water partition coefficient (Wildman–Crippen LogP) is 1.29.